The van der Waals surface area contributed by atoms with E-state index >= 15 is 0 Å². The van der Waals surface area contributed by atoms with Crippen LogP contribution in [0.25, 0.3) is 0 Å². The van der Waals surface area contributed by atoms with E-state index < -0.39 is 0 Å². The van der Waals surface area contributed by atoms with Gasteiger partial charge in [-0.05, 0) is 58.1 Å². The standard InChI is InChI=1S/C22H26BrN5O2S/c1-5-28-19(13-30-17-9-6-15(7-10-17)22(2,3)4)26-27-21(28)31-14-20(29)25-18-11-8-16(23)12-24-18/h6-12H,5,13-14H2,1-4H3,(H,24,25,29). The molecular weight excluding hydrogens is 478 g/mol. The Labute approximate surface area is 195 Å². The number of carbonyl (C=O) groups is 1. The van der Waals surface area contributed by atoms with Crippen LogP contribution in [0.15, 0.2) is 52.2 Å². The molecule has 0 radical (unpaired) electrons. The van der Waals surface area contributed by atoms with Crippen LogP contribution in [0.3, 0.4) is 0 Å². The van der Waals surface area contributed by atoms with Crippen molar-refractivity contribution < 1.29 is 9.53 Å². The number of carbonyl (C=O) groups excluding carboxylic acids is 1. The lowest BCUT2D eigenvalue weighted by Gasteiger charge is -2.19. The van der Waals surface area contributed by atoms with Gasteiger partial charge in [-0.1, -0.05) is 44.7 Å². The predicted octanol–water partition coefficient (Wildman–Crippen LogP) is 5.06. The average Bonchev–Trinajstić information content (AvgIpc) is 3.14. The fourth-order valence-corrected chi connectivity index (χ4v) is 3.86. The molecule has 2 heterocycles. The number of nitrogens with one attached hydrogen (secondary N) is 1. The van der Waals surface area contributed by atoms with Gasteiger partial charge in [0, 0.05) is 17.2 Å². The number of anilines is 1. The zero-order valence-corrected chi connectivity index (χ0v) is 20.5. The first kappa shape index (κ1) is 23.3. The molecule has 0 atom stereocenters. The highest BCUT2D eigenvalue weighted by atomic mass is 79.9. The van der Waals surface area contributed by atoms with E-state index in [1.54, 1.807) is 12.3 Å². The number of nitrogens with zero attached hydrogens (tertiary/aromatic N) is 4. The first-order valence-electron chi connectivity index (χ1n) is 9.96. The Morgan fingerprint density at radius 1 is 1.16 bits per heavy atom. The summed E-state index contributed by atoms with van der Waals surface area (Å²) in [6.45, 7) is 9.56. The van der Waals surface area contributed by atoms with Gasteiger partial charge in [-0.15, -0.1) is 10.2 Å². The van der Waals surface area contributed by atoms with Crippen molar-refractivity contribution in [2.45, 2.75) is 51.4 Å². The van der Waals surface area contributed by atoms with Crippen LogP contribution in [0.1, 0.15) is 39.1 Å². The van der Waals surface area contributed by atoms with Crippen molar-refractivity contribution in [1.29, 1.82) is 0 Å². The summed E-state index contributed by atoms with van der Waals surface area (Å²) < 4.78 is 8.72. The quantitative estimate of drug-likeness (QED) is 0.432. The van der Waals surface area contributed by atoms with Crippen molar-refractivity contribution in [2.75, 3.05) is 11.1 Å². The molecule has 0 aliphatic rings. The molecule has 3 aromatic rings. The maximum absolute atomic E-state index is 12.2. The molecule has 0 aliphatic heterocycles. The summed E-state index contributed by atoms with van der Waals surface area (Å²) in [5, 5.41) is 11.9. The third-order valence-electron chi connectivity index (χ3n) is 4.53. The Morgan fingerprint density at radius 3 is 2.52 bits per heavy atom. The Balaban J connectivity index is 1.56. The van der Waals surface area contributed by atoms with Crippen LogP contribution in [0.5, 0.6) is 5.75 Å². The zero-order valence-electron chi connectivity index (χ0n) is 18.1. The van der Waals surface area contributed by atoms with Gasteiger partial charge >= 0.3 is 0 Å². The van der Waals surface area contributed by atoms with Crippen LogP contribution < -0.4 is 10.1 Å². The smallest absolute Gasteiger partial charge is 0.236 e. The maximum atomic E-state index is 12.2. The molecule has 0 spiro atoms. The van der Waals surface area contributed by atoms with E-state index in [-0.39, 0.29) is 17.1 Å². The van der Waals surface area contributed by atoms with E-state index in [0.29, 0.717) is 24.1 Å². The summed E-state index contributed by atoms with van der Waals surface area (Å²) >= 11 is 4.66. The van der Waals surface area contributed by atoms with Crippen LogP contribution in [-0.4, -0.2) is 31.4 Å². The number of ether oxygens (including phenoxy) is 1. The molecule has 0 fully saturated rings. The minimum Gasteiger partial charge on any atom is -0.486 e. The van der Waals surface area contributed by atoms with Gasteiger partial charge in [0.2, 0.25) is 5.91 Å². The molecule has 164 valence electrons. The molecule has 9 heteroatoms. The number of rotatable bonds is 8. The highest BCUT2D eigenvalue weighted by Gasteiger charge is 2.15. The Morgan fingerprint density at radius 2 is 1.90 bits per heavy atom. The van der Waals surface area contributed by atoms with Gasteiger partial charge in [0.25, 0.3) is 0 Å². The minimum absolute atomic E-state index is 0.104. The third-order valence-corrected chi connectivity index (χ3v) is 5.96. The van der Waals surface area contributed by atoms with E-state index in [1.165, 1.54) is 17.3 Å². The summed E-state index contributed by atoms with van der Waals surface area (Å²) in [4.78, 5) is 16.4. The van der Waals surface area contributed by atoms with E-state index in [2.05, 4.69) is 69.3 Å². The maximum Gasteiger partial charge on any atom is 0.236 e. The summed E-state index contributed by atoms with van der Waals surface area (Å²) in [6.07, 6.45) is 1.64. The highest BCUT2D eigenvalue weighted by molar-refractivity contribution is 9.10. The molecule has 2 aromatic heterocycles. The number of benzene rings is 1. The van der Waals surface area contributed by atoms with Gasteiger partial charge in [0.05, 0.1) is 5.75 Å². The van der Waals surface area contributed by atoms with Crippen LogP contribution in [0, 0.1) is 0 Å². The van der Waals surface area contributed by atoms with Gasteiger partial charge in [-0.3, -0.25) is 4.79 Å². The van der Waals surface area contributed by atoms with Gasteiger partial charge in [-0.2, -0.15) is 0 Å². The van der Waals surface area contributed by atoms with E-state index in [4.69, 9.17) is 4.74 Å². The van der Waals surface area contributed by atoms with Crippen molar-refractivity contribution in [2.24, 2.45) is 0 Å². The summed E-state index contributed by atoms with van der Waals surface area (Å²) in [5.74, 6) is 2.08. The predicted molar refractivity (Wildman–Crippen MR) is 126 cm³/mol. The molecule has 1 amide bonds. The number of amides is 1. The van der Waals surface area contributed by atoms with Crippen molar-refractivity contribution in [3.05, 3.63) is 58.5 Å². The molecule has 0 saturated carbocycles. The van der Waals surface area contributed by atoms with E-state index in [1.807, 2.05) is 29.7 Å². The van der Waals surface area contributed by atoms with Crippen LogP contribution in [0.4, 0.5) is 5.82 Å². The Hall–Kier alpha value is -2.39. The van der Waals surface area contributed by atoms with Gasteiger partial charge < -0.3 is 14.6 Å². The molecule has 0 bridgehead atoms. The van der Waals surface area contributed by atoms with Crippen molar-refractivity contribution in [3.63, 3.8) is 0 Å². The van der Waals surface area contributed by atoms with Crippen molar-refractivity contribution in [3.8, 4) is 5.75 Å². The lowest BCUT2D eigenvalue weighted by Crippen LogP contribution is -2.15. The molecule has 31 heavy (non-hydrogen) atoms. The molecular formula is C22H26BrN5O2S. The number of pyridine rings is 1. The van der Waals surface area contributed by atoms with Crippen LogP contribution in [-0.2, 0) is 23.4 Å². The van der Waals surface area contributed by atoms with Crippen molar-refractivity contribution >= 4 is 39.4 Å². The van der Waals surface area contributed by atoms with Crippen LogP contribution in [0.2, 0.25) is 0 Å². The van der Waals surface area contributed by atoms with Gasteiger partial charge in [0.15, 0.2) is 11.0 Å². The molecule has 0 saturated heterocycles. The molecule has 7 nitrogen and oxygen atoms in total. The van der Waals surface area contributed by atoms with E-state index in [9.17, 15) is 4.79 Å². The normalized spacial score (nSPS) is 11.4. The minimum atomic E-state index is -0.151. The lowest BCUT2D eigenvalue weighted by molar-refractivity contribution is -0.113. The average molecular weight is 504 g/mol. The zero-order chi connectivity index (χ0) is 22.4. The van der Waals surface area contributed by atoms with E-state index in [0.717, 1.165) is 16.0 Å². The first-order valence-corrected chi connectivity index (χ1v) is 11.7. The number of hydrogen-bond acceptors (Lipinski definition) is 6. The summed E-state index contributed by atoms with van der Waals surface area (Å²) in [7, 11) is 0. The lowest BCUT2D eigenvalue weighted by atomic mass is 9.87. The molecule has 0 aliphatic carbocycles. The molecule has 0 unspecified atom stereocenters. The van der Waals surface area contributed by atoms with Crippen molar-refractivity contribution in [1.82, 2.24) is 19.7 Å². The fourth-order valence-electron chi connectivity index (χ4n) is 2.81. The largest absolute Gasteiger partial charge is 0.486 e. The third kappa shape index (κ3) is 6.54. The fraction of sp³-hybridized carbons (Fsp3) is 0.364. The number of hydrogen-bond donors (Lipinski definition) is 1. The number of aromatic nitrogens is 4. The second-order valence-electron chi connectivity index (χ2n) is 7.90. The second-order valence-corrected chi connectivity index (χ2v) is 9.76. The molecule has 1 aromatic carbocycles. The summed E-state index contributed by atoms with van der Waals surface area (Å²) in [5.41, 5.74) is 1.36. The highest BCUT2D eigenvalue weighted by Crippen LogP contribution is 2.25. The Kier molecular flexibility index (Phi) is 7.72. The Bertz CT molecular complexity index is 1010. The topological polar surface area (TPSA) is 81.9 Å². The van der Waals surface area contributed by atoms with Crippen LogP contribution >= 0.6 is 27.7 Å². The molecule has 1 N–H and O–H groups in total. The van der Waals surface area contributed by atoms with Gasteiger partial charge in [-0.25, -0.2) is 4.98 Å². The molecule has 3 rings (SSSR count). The van der Waals surface area contributed by atoms with Gasteiger partial charge in [0.1, 0.15) is 18.2 Å². The summed E-state index contributed by atoms with van der Waals surface area (Å²) in [6, 6.07) is 11.7. The SMILES string of the molecule is CCn1c(COc2ccc(C(C)(C)C)cc2)nnc1SCC(=O)Nc1ccc(Br)cn1. The first-order chi connectivity index (χ1) is 14.8. The number of halogens is 1. The number of thioether (sulfide) groups is 1. The second kappa shape index (κ2) is 10.3. The monoisotopic (exact) mass is 503 g/mol.